The molecule has 0 nitrogen and oxygen atoms in total. The predicted molar refractivity (Wildman–Crippen MR) is 147 cm³/mol. The SMILES string of the molecule is Cc1ccc(-c2cccc(-c3cc(C)cc(-c4cccc(-c5cc(C)cc(C)c5)c4)c3)c2)cc1. The van der Waals surface area contributed by atoms with E-state index in [-0.39, 0.29) is 0 Å². The topological polar surface area (TPSA) is 0 Å². The van der Waals surface area contributed by atoms with Crippen LogP contribution in [0.4, 0.5) is 0 Å². The highest BCUT2D eigenvalue weighted by molar-refractivity contribution is 5.79. The second-order valence-corrected chi connectivity index (χ2v) is 9.49. The predicted octanol–water partition coefficient (Wildman–Crippen LogP) is 9.59. The molecule has 0 aliphatic rings. The van der Waals surface area contributed by atoms with E-state index in [2.05, 4.69) is 137 Å². The minimum absolute atomic E-state index is 1.24. The average Bonchev–Trinajstić information content (AvgIpc) is 2.84. The molecule has 0 spiro atoms. The van der Waals surface area contributed by atoms with Gasteiger partial charge < -0.3 is 0 Å². The molecule has 0 radical (unpaired) electrons. The van der Waals surface area contributed by atoms with Crippen LogP contribution in [-0.4, -0.2) is 0 Å². The summed E-state index contributed by atoms with van der Waals surface area (Å²) in [6.45, 7) is 8.64. The van der Waals surface area contributed by atoms with E-state index in [1.54, 1.807) is 0 Å². The number of rotatable bonds is 4. The van der Waals surface area contributed by atoms with Crippen molar-refractivity contribution in [2.24, 2.45) is 0 Å². The Hall–Kier alpha value is -3.90. The van der Waals surface area contributed by atoms with Gasteiger partial charge >= 0.3 is 0 Å². The summed E-state index contributed by atoms with van der Waals surface area (Å²) in [6, 6.07) is 40.2. The fourth-order valence-corrected chi connectivity index (χ4v) is 4.76. The Morgan fingerprint density at radius 3 is 1.09 bits per heavy atom. The highest BCUT2D eigenvalue weighted by atomic mass is 14.1. The van der Waals surface area contributed by atoms with E-state index in [1.807, 2.05) is 0 Å². The molecule has 0 unspecified atom stereocenters. The molecule has 0 atom stereocenters. The van der Waals surface area contributed by atoms with Crippen LogP contribution < -0.4 is 0 Å². The summed E-state index contributed by atoms with van der Waals surface area (Å²) in [5.41, 5.74) is 15.2. The number of hydrogen-bond donors (Lipinski definition) is 0. The van der Waals surface area contributed by atoms with Crippen LogP contribution in [0.5, 0.6) is 0 Å². The van der Waals surface area contributed by atoms with Gasteiger partial charge in [0.25, 0.3) is 0 Å². The van der Waals surface area contributed by atoms with Gasteiger partial charge in [-0.3, -0.25) is 0 Å². The fourth-order valence-electron chi connectivity index (χ4n) is 4.76. The van der Waals surface area contributed by atoms with Gasteiger partial charge in [-0.25, -0.2) is 0 Å². The highest BCUT2D eigenvalue weighted by Gasteiger charge is 2.08. The van der Waals surface area contributed by atoms with Gasteiger partial charge in [-0.1, -0.05) is 108 Å². The first kappa shape index (κ1) is 21.9. The van der Waals surface area contributed by atoms with Crippen molar-refractivity contribution in [3.63, 3.8) is 0 Å². The van der Waals surface area contributed by atoms with Crippen LogP contribution >= 0.6 is 0 Å². The van der Waals surface area contributed by atoms with E-state index in [4.69, 9.17) is 0 Å². The first-order valence-corrected chi connectivity index (χ1v) is 11.9. The van der Waals surface area contributed by atoms with E-state index >= 15 is 0 Å². The summed E-state index contributed by atoms with van der Waals surface area (Å²) in [7, 11) is 0. The molecular weight excluding hydrogens is 408 g/mol. The lowest BCUT2D eigenvalue weighted by Gasteiger charge is -2.12. The number of aryl methyl sites for hydroxylation is 4. The van der Waals surface area contributed by atoms with Gasteiger partial charge in [0.2, 0.25) is 0 Å². The Kier molecular flexibility index (Phi) is 5.90. The zero-order valence-electron chi connectivity index (χ0n) is 20.4. The van der Waals surface area contributed by atoms with Crippen molar-refractivity contribution in [3.05, 3.63) is 131 Å². The lowest BCUT2D eigenvalue weighted by atomic mass is 9.93. The zero-order chi connectivity index (χ0) is 23.7. The van der Waals surface area contributed by atoms with Gasteiger partial charge in [0.05, 0.1) is 0 Å². The van der Waals surface area contributed by atoms with Gasteiger partial charge in [0.1, 0.15) is 0 Å². The quantitative estimate of drug-likeness (QED) is 0.262. The van der Waals surface area contributed by atoms with E-state index in [9.17, 15) is 0 Å². The molecule has 5 aromatic carbocycles. The van der Waals surface area contributed by atoms with Crippen LogP contribution in [0.2, 0.25) is 0 Å². The van der Waals surface area contributed by atoms with Crippen molar-refractivity contribution < 1.29 is 0 Å². The van der Waals surface area contributed by atoms with Crippen LogP contribution in [0.1, 0.15) is 22.3 Å². The first-order chi connectivity index (χ1) is 16.4. The first-order valence-electron chi connectivity index (χ1n) is 11.9. The summed E-state index contributed by atoms with van der Waals surface area (Å²) in [6.07, 6.45) is 0. The summed E-state index contributed by atoms with van der Waals surface area (Å²) in [5.74, 6) is 0. The van der Waals surface area contributed by atoms with Crippen molar-refractivity contribution in [1.82, 2.24) is 0 Å². The number of hydrogen-bond acceptors (Lipinski definition) is 0. The molecule has 0 aromatic heterocycles. The molecule has 166 valence electrons. The minimum Gasteiger partial charge on any atom is -0.0610 e. The Labute approximate surface area is 203 Å². The number of benzene rings is 5. The maximum Gasteiger partial charge on any atom is -0.0175 e. The normalized spacial score (nSPS) is 10.9. The van der Waals surface area contributed by atoms with Crippen molar-refractivity contribution in [2.75, 3.05) is 0 Å². The smallest absolute Gasteiger partial charge is 0.0175 e. The lowest BCUT2D eigenvalue weighted by molar-refractivity contribution is 1.38. The molecule has 0 N–H and O–H groups in total. The monoisotopic (exact) mass is 438 g/mol. The molecule has 0 heteroatoms. The van der Waals surface area contributed by atoms with E-state index in [0.717, 1.165) is 0 Å². The van der Waals surface area contributed by atoms with Crippen molar-refractivity contribution in [3.8, 4) is 44.5 Å². The maximum absolute atomic E-state index is 2.32. The standard InChI is InChI=1S/C34H30/c1-23-11-13-27(14-12-23)28-7-5-9-30(20-28)33-18-26(4)19-34(22-33)31-10-6-8-29(21-31)32-16-24(2)15-25(3)17-32/h5-22H,1-4H3. The summed E-state index contributed by atoms with van der Waals surface area (Å²) in [5, 5.41) is 0. The summed E-state index contributed by atoms with van der Waals surface area (Å²) < 4.78 is 0. The van der Waals surface area contributed by atoms with Crippen molar-refractivity contribution >= 4 is 0 Å². The summed E-state index contributed by atoms with van der Waals surface area (Å²) in [4.78, 5) is 0. The van der Waals surface area contributed by atoms with Crippen LogP contribution in [0.3, 0.4) is 0 Å². The second-order valence-electron chi connectivity index (χ2n) is 9.49. The third-order valence-corrected chi connectivity index (χ3v) is 6.41. The van der Waals surface area contributed by atoms with E-state index in [1.165, 1.54) is 66.8 Å². The zero-order valence-corrected chi connectivity index (χ0v) is 20.4. The molecule has 0 saturated heterocycles. The maximum atomic E-state index is 2.32. The van der Waals surface area contributed by atoms with Crippen LogP contribution in [0.25, 0.3) is 44.5 Å². The molecule has 0 fully saturated rings. The Balaban J connectivity index is 1.54. The Morgan fingerprint density at radius 2 is 0.618 bits per heavy atom. The molecular formula is C34H30. The lowest BCUT2D eigenvalue weighted by Crippen LogP contribution is -1.87. The third kappa shape index (κ3) is 4.72. The molecule has 0 heterocycles. The van der Waals surface area contributed by atoms with Crippen LogP contribution in [-0.2, 0) is 0 Å². The Bertz CT molecular complexity index is 1450. The third-order valence-electron chi connectivity index (χ3n) is 6.41. The Morgan fingerprint density at radius 1 is 0.265 bits per heavy atom. The van der Waals surface area contributed by atoms with Crippen molar-refractivity contribution in [2.45, 2.75) is 27.7 Å². The average molecular weight is 439 g/mol. The molecule has 34 heavy (non-hydrogen) atoms. The minimum atomic E-state index is 1.24. The molecule has 0 aliphatic heterocycles. The van der Waals surface area contributed by atoms with E-state index < -0.39 is 0 Å². The van der Waals surface area contributed by atoms with Crippen LogP contribution in [0, 0.1) is 27.7 Å². The molecule has 0 amide bonds. The van der Waals surface area contributed by atoms with Crippen molar-refractivity contribution in [1.29, 1.82) is 0 Å². The fraction of sp³-hybridized carbons (Fsp3) is 0.118. The summed E-state index contributed by atoms with van der Waals surface area (Å²) >= 11 is 0. The van der Waals surface area contributed by atoms with Gasteiger partial charge in [-0.2, -0.15) is 0 Å². The molecule has 0 aliphatic carbocycles. The van der Waals surface area contributed by atoms with Gasteiger partial charge in [-0.15, -0.1) is 0 Å². The van der Waals surface area contributed by atoms with Gasteiger partial charge in [0, 0.05) is 0 Å². The van der Waals surface area contributed by atoms with Gasteiger partial charge in [0.15, 0.2) is 0 Å². The molecule has 0 bridgehead atoms. The van der Waals surface area contributed by atoms with Crippen LogP contribution in [0.15, 0.2) is 109 Å². The second kappa shape index (κ2) is 9.15. The molecule has 0 saturated carbocycles. The van der Waals surface area contributed by atoms with Gasteiger partial charge in [-0.05, 0) is 96.0 Å². The molecule has 5 aromatic rings. The highest BCUT2D eigenvalue weighted by Crippen LogP contribution is 2.33. The largest absolute Gasteiger partial charge is 0.0610 e. The molecule has 5 rings (SSSR count). The van der Waals surface area contributed by atoms with E-state index in [0.29, 0.717) is 0 Å².